The zero-order valence-electron chi connectivity index (χ0n) is 18.5. The molecule has 1 saturated heterocycles. The molecule has 164 valence electrons. The first-order valence-corrected chi connectivity index (χ1v) is 11.3. The number of aromatic nitrogens is 1. The third-order valence-corrected chi connectivity index (χ3v) is 6.18. The molecule has 0 bridgehead atoms. The number of nitrogens with zero attached hydrogens (tertiary/aromatic N) is 2. The Labute approximate surface area is 184 Å². The van der Waals surface area contributed by atoms with Crippen LogP contribution in [0.15, 0.2) is 54.7 Å². The van der Waals surface area contributed by atoms with Gasteiger partial charge in [0.05, 0.1) is 6.42 Å². The summed E-state index contributed by atoms with van der Waals surface area (Å²) in [4.78, 5) is 14.7. The highest BCUT2D eigenvalue weighted by atomic mass is 19.1. The largest absolute Gasteiger partial charge is 0.354 e. The van der Waals surface area contributed by atoms with Crippen molar-refractivity contribution < 1.29 is 9.18 Å². The highest BCUT2D eigenvalue weighted by Gasteiger charge is 2.21. The van der Waals surface area contributed by atoms with Crippen LogP contribution in [0.2, 0.25) is 0 Å². The number of fused-ring (bicyclic) bond motifs is 1. The maximum Gasteiger partial charge on any atom is 0.224 e. The number of piperidine rings is 1. The monoisotopic (exact) mass is 421 g/mol. The Morgan fingerprint density at radius 2 is 1.77 bits per heavy atom. The van der Waals surface area contributed by atoms with Gasteiger partial charge in [0.2, 0.25) is 5.91 Å². The Hall–Kier alpha value is -2.66. The molecule has 0 atom stereocenters. The highest BCUT2D eigenvalue weighted by Crippen LogP contribution is 2.28. The van der Waals surface area contributed by atoms with Gasteiger partial charge in [-0.1, -0.05) is 24.3 Å². The van der Waals surface area contributed by atoms with Crippen LogP contribution in [0.3, 0.4) is 0 Å². The lowest BCUT2D eigenvalue weighted by Gasteiger charge is -2.33. The fourth-order valence-electron chi connectivity index (χ4n) is 4.54. The van der Waals surface area contributed by atoms with Crippen molar-refractivity contribution in [3.8, 4) is 0 Å². The van der Waals surface area contributed by atoms with Crippen LogP contribution in [0.5, 0.6) is 0 Å². The van der Waals surface area contributed by atoms with E-state index in [1.54, 1.807) is 12.1 Å². The summed E-state index contributed by atoms with van der Waals surface area (Å²) in [5, 5.41) is 4.20. The lowest BCUT2D eigenvalue weighted by molar-refractivity contribution is -0.120. The van der Waals surface area contributed by atoms with Crippen molar-refractivity contribution in [2.24, 2.45) is 0 Å². The van der Waals surface area contributed by atoms with Gasteiger partial charge in [-0.2, -0.15) is 0 Å². The fourth-order valence-corrected chi connectivity index (χ4v) is 4.54. The normalized spacial score (nSPS) is 15.6. The third kappa shape index (κ3) is 5.53. The van der Waals surface area contributed by atoms with Gasteiger partial charge in [0.25, 0.3) is 0 Å². The third-order valence-electron chi connectivity index (χ3n) is 6.18. The maximum atomic E-state index is 13.1. The highest BCUT2D eigenvalue weighted by molar-refractivity contribution is 5.84. The summed E-state index contributed by atoms with van der Waals surface area (Å²) in [6.07, 6.45) is 5.80. The molecule has 1 amide bonds. The molecule has 4 rings (SSSR count). The lowest BCUT2D eigenvalue weighted by atomic mass is 10.0. The quantitative estimate of drug-likeness (QED) is 0.599. The predicted molar refractivity (Wildman–Crippen MR) is 124 cm³/mol. The molecule has 31 heavy (non-hydrogen) atoms. The van der Waals surface area contributed by atoms with E-state index in [9.17, 15) is 9.18 Å². The maximum absolute atomic E-state index is 13.1. The molecule has 1 aromatic heterocycles. The molecule has 1 fully saturated rings. The van der Waals surface area contributed by atoms with Crippen LogP contribution in [0.1, 0.15) is 43.9 Å². The number of amides is 1. The van der Waals surface area contributed by atoms with E-state index in [4.69, 9.17) is 0 Å². The Kier molecular flexibility index (Phi) is 6.71. The first-order chi connectivity index (χ1) is 15.0. The molecule has 0 unspecified atom stereocenters. The number of benzene rings is 2. The molecule has 2 heterocycles. The Morgan fingerprint density at radius 1 is 1.06 bits per heavy atom. The predicted octanol–water partition coefficient (Wildman–Crippen LogP) is 4.73. The van der Waals surface area contributed by atoms with Gasteiger partial charge >= 0.3 is 0 Å². The summed E-state index contributed by atoms with van der Waals surface area (Å²) in [6, 6.07) is 16.0. The topological polar surface area (TPSA) is 37.3 Å². The Balaban J connectivity index is 1.36. The van der Waals surface area contributed by atoms with E-state index in [2.05, 4.69) is 45.2 Å². The zero-order valence-corrected chi connectivity index (χ0v) is 18.5. The molecule has 0 spiro atoms. The lowest BCUT2D eigenvalue weighted by Crippen LogP contribution is -2.35. The summed E-state index contributed by atoms with van der Waals surface area (Å²) in [6.45, 7) is 7.13. The van der Waals surface area contributed by atoms with Gasteiger partial charge in [-0.3, -0.25) is 4.79 Å². The zero-order chi connectivity index (χ0) is 21.8. The number of likely N-dealkylation sites (tertiary alicyclic amines) is 1. The van der Waals surface area contributed by atoms with Gasteiger partial charge in [0.1, 0.15) is 5.82 Å². The molecule has 1 N–H and O–H groups in total. The molecule has 0 radical (unpaired) electrons. The van der Waals surface area contributed by atoms with E-state index in [-0.39, 0.29) is 17.8 Å². The van der Waals surface area contributed by atoms with E-state index in [1.165, 1.54) is 16.5 Å². The second kappa shape index (κ2) is 9.65. The van der Waals surface area contributed by atoms with Crippen molar-refractivity contribution in [2.75, 3.05) is 19.6 Å². The van der Waals surface area contributed by atoms with E-state index in [0.29, 0.717) is 12.5 Å². The van der Waals surface area contributed by atoms with Gasteiger partial charge in [0, 0.05) is 43.4 Å². The van der Waals surface area contributed by atoms with Crippen molar-refractivity contribution in [2.45, 2.75) is 51.6 Å². The second-order valence-corrected chi connectivity index (χ2v) is 8.96. The summed E-state index contributed by atoms with van der Waals surface area (Å²) in [5.41, 5.74) is 3.47. The van der Waals surface area contributed by atoms with Crippen LogP contribution in [-0.4, -0.2) is 41.1 Å². The van der Waals surface area contributed by atoms with Gasteiger partial charge in [-0.05, 0) is 73.9 Å². The van der Waals surface area contributed by atoms with Gasteiger partial charge in [-0.15, -0.1) is 0 Å². The summed E-state index contributed by atoms with van der Waals surface area (Å²) in [5.74, 6) is -0.103. The van der Waals surface area contributed by atoms with E-state index < -0.39 is 0 Å². The first kappa shape index (κ1) is 21.6. The first-order valence-electron chi connectivity index (χ1n) is 11.3. The van der Waals surface area contributed by atoms with Gasteiger partial charge < -0.3 is 14.8 Å². The summed E-state index contributed by atoms with van der Waals surface area (Å²) < 4.78 is 15.5. The number of halogens is 1. The van der Waals surface area contributed by atoms with E-state index in [0.717, 1.165) is 44.5 Å². The standard InChI is InChI=1S/C26H32FN3O/c1-19(2)28-26(31)18-21-3-6-22-10-16-30(25(22)17-21)24-11-14-29(15-12-24)13-9-20-4-7-23(27)8-5-20/h3-8,10,16-17,19,24H,9,11-15,18H2,1-2H3,(H,28,31). The molecule has 3 aromatic rings. The van der Waals surface area contributed by atoms with Crippen LogP contribution < -0.4 is 5.32 Å². The van der Waals surface area contributed by atoms with Crippen molar-refractivity contribution in [1.82, 2.24) is 14.8 Å². The van der Waals surface area contributed by atoms with Crippen molar-refractivity contribution >= 4 is 16.8 Å². The molecule has 0 aliphatic carbocycles. The fraction of sp³-hybridized carbons (Fsp3) is 0.423. The summed E-state index contributed by atoms with van der Waals surface area (Å²) in [7, 11) is 0. The molecule has 1 aliphatic rings. The van der Waals surface area contributed by atoms with Crippen molar-refractivity contribution in [1.29, 1.82) is 0 Å². The van der Waals surface area contributed by atoms with Crippen molar-refractivity contribution in [3.05, 3.63) is 71.7 Å². The molecular weight excluding hydrogens is 389 g/mol. The molecule has 1 aliphatic heterocycles. The number of carbonyl (C=O) groups excluding carboxylic acids is 1. The minimum absolute atomic E-state index is 0.0712. The SMILES string of the molecule is CC(C)NC(=O)Cc1ccc2ccn(C3CCN(CCc4ccc(F)cc4)CC3)c2c1. The average molecular weight is 422 g/mol. The second-order valence-electron chi connectivity index (χ2n) is 8.96. The smallest absolute Gasteiger partial charge is 0.224 e. The van der Waals surface area contributed by atoms with Crippen LogP contribution >= 0.6 is 0 Å². The van der Waals surface area contributed by atoms with E-state index in [1.807, 2.05) is 26.0 Å². The summed E-state index contributed by atoms with van der Waals surface area (Å²) >= 11 is 0. The van der Waals surface area contributed by atoms with Crippen LogP contribution in [0, 0.1) is 5.82 Å². The van der Waals surface area contributed by atoms with Crippen LogP contribution in [0.4, 0.5) is 4.39 Å². The van der Waals surface area contributed by atoms with Crippen LogP contribution in [0.25, 0.3) is 10.9 Å². The van der Waals surface area contributed by atoms with Crippen molar-refractivity contribution in [3.63, 3.8) is 0 Å². The average Bonchev–Trinajstić information content (AvgIpc) is 3.16. The number of hydrogen-bond acceptors (Lipinski definition) is 2. The minimum atomic E-state index is -0.174. The molecule has 2 aromatic carbocycles. The Morgan fingerprint density at radius 3 is 2.48 bits per heavy atom. The number of nitrogens with one attached hydrogen (secondary N) is 1. The van der Waals surface area contributed by atoms with E-state index >= 15 is 0 Å². The minimum Gasteiger partial charge on any atom is -0.354 e. The number of hydrogen-bond donors (Lipinski definition) is 1. The number of rotatable bonds is 7. The Bertz CT molecular complexity index is 1020. The van der Waals surface area contributed by atoms with Crippen LogP contribution in [-0.2, 0) is 17.6 Å². The van der Waals surface area contributed by atoms with Gasteiger partial charge in [0.15, 0.2) is 0 Å². The number of carbonyl (C=O) groups is 1. The van der Waals surface area contributed by atoms with Gasteiger partial charge in [-0.25, -0.2) is 4.39 Å². The molecular formula is C26H32FN3O. The molecule has 4 nitrogen and oxygen atoms in total. The molecule has 5 heteroatoms. The molecule has 0 saturated carbocycles.